The zero-order valence-corrected chi connectivity index (χ0v) is 12.4. The molecule has 0 fully saturated rings. The molecule has 1 unspecified atom stereocenters. The Bertz CT molecular complexity index is 822. The Labute approximate surface area is 132 Å². The SMILES string of the molecule is O=C(Nc1[nH]ncc1-c1ccccn1)C1CCn2nccc2C1. The lowest BCUT2D eigenvalue weighted by molar-refractivity contribution is -0.120. The fourth-order valence-electron chi connectivity index (χ4n) is 2.91. The molecule has 0 aliphatic carbocycles. The largest absolute Gasteiger partial charge is 0.310 e. The van der Waals surface area contributed by atoms with Crippen LogP contribution in [0.25, 0.3) is 11.3 Å². The molecule has 4 heterocycles. The number of aryl methyl sites for hydroxylation is 1. The highest BCUT2D eigenvalue weighted by Crippen LogP contribution is 2.26. The Hall–Kier alpha value is -2.96. The fourth-order valence-corrected chi connectivity index (χ4v) is 2.91. The minimum atomic E-state index is -0.0564. The lowest BCUT2D eigenvalue weighted by Gasteiger charge is -2.22. The van der Waals surface area contributed by atoms with Crippen LogP contribution in [0.1, 0.15) is 12.1 Å². The van der Waals surface area contributed by atoms with Gasteiger partial charge in [0.2, 0.25) is 5.91 Å². The normalized spacial score (nSPS) is 16.8. The molecule has 0 bridgehead atoms. The minimum absolute atomic E-state index is 0.00104. The molecule has 1 aliphatic heterocycles. The first-order valence-corrected chi connectivity index (χ1v) is 7.57. The van der Waals surface area contributed by atoms with Crippen molar-refractivity contribution in [3.05, 3.63) is 48.5 Å². The first kappa shape index (κ1) is 13.7. The van der Waals surface area contributed by atoms with E-state index in [0.29, 0.717) is 12.2 Å². The van der Waals surface area contributed by atoms with E-state index in [9.17, 15) is 4.79 Å². The molecule has 7 nitrogen and oxygen atoms in total. The molecular weight excluding hydrogens is 292 g/mol. The summed E-state index contributed by atoms with van der Waals surface area (Å²) in [6, 6.07) is 7.62. The molecule has 0 radical (unpaired) electrons. The fraction of sp³-hybridized carbons (Fsp3) is 0.250. The highest BCUT2D eigenvalue weighted by molar-refractivity contribution is 5.95. The van der Waals surface area contributed by atoms with Gasteiger partial charge in [-0.05, 0) is 24.6 Å². The number of rotatable bonds is 3. The van der Waals surface area contributed by atoms with Crippen LogP contribution in [0, 0.1) is 5.92 Å². The summed E-state index contributed by atoms with van der Waals surface area (Å²) >= 11 is 0. The predicted molar refractivity (Wildman–Crippen MR) is 84.5 cm³/mol. The standard InChI is InChI=1S/C16H16N6O/c23-16(11-5-8-22-12(9-11)4-7-19-22)20-15-13(10-18-21-15)14-3-1-2-6-17-14/h1-4,6-7,10-11H,5,8-9H2,(H2,18,20,21,23). The third-order valence-electron chi connectivity index (χ3n) is 4.15. The Balaban J connectivity index is 1.51. The summed E-state index contributed by atoms with van der Waals surface area (Å²) < 4.78 is 1.96. The second-order valence-corrected chi connectivity index (χ2v) is 5.60. The number of carbonyl (C=O) groups is 1. The molecule has 1 amide bonds. The van der Waals surface area contributed by atoms with E-state index in [2.05, 4.69) is 25.6 Å². The summed E-state index contributed by atoms with van der Waals surface area (Å²) in [5.74, 6) is 0.533. The van der Waals surface area contributed by atoms with Crippen LogP contribution >= 0.6 is 0 Å². The number of carbonyl (C=O) groups excluding carboxylic acids is 1. The Morgan fingerprint density at radius 2 is 2.26 bits per heavy atom. The molecule has 1 atom stereocenters. The molecule has 1 aliphatic rings. The van der Waals surface area contributed by atoms with Gasteiger partial charge in [0.15, 0.2) is 0 Å². The number of aromatic amines is 1. The van der Waals surface area contributed by atoms with Crippen LogP contribution in [-0.4, -0.2) is 30.9 Å². The summed E-state index contributed by atoms with van der Waals surface area (Å²) in [6.45, 7) is 0.774. The average Bonchev–Trinajstić information content (AvgIpc) is 3.23. The van der Waals surface area contributed by atoms with Crippen LogP contribution in [-0.2, 0) is 17.8 Å². The van der Waals surface area contributed by atoms with Gasteiger partial charge in [-0.3, -0.25) is 19.6 Å². The number of pyridine rings is 1. The Morgan fingerprint density at radius 3 is 3.13 bits per heavy atom. The third-order valence-corrected chi connectivity index (χ3v) is 4.15. The van der Waals surface area contributed by atoms with E-state index in [0.717, 1.165) is 29.9 Å². The van der Waals surface area contributed by atoms with Gasteiger partial charge in [0, 0.05) is 37.0 Å². The molecule has 0 aromatic carbocycles. The molecular formula is C16H16N6O. The maximum Gasteiger partial charge on any atom is 0.229 e. The third kappa shape index (κ3) is 2.61. The lowest BCUT2D eigenvalue weighted by atomic mass is 9.95. The second-order valence-electron chi connectivity index (χ2n) is 5.60. The van der Waals surface area contributed by atoms with Crippen molar-refractivity contribution in [2.75, 3.05) is 5.32 Å². The molecule has 2 N–H and O–H groups in total. The van der Waals surface area contributed by atoms with Crippen molar-refractivity contribution in [3.8, 4) is 11.3 Å². The van der Waals surface area contributed by atoms with E-state index in [-0.39, 0.29) is 11.8 Å². The van der Waals surface area contributed by atoms with E-state index in [4.69, 9.17) is 0 Å². The van der Waals surface area contributed by atoms with Crippen molar-refractivity contribution in [3.63, 3.8) is 0 Å². The summed E-state index contributed by atoms with van der Waals surface area (Å²) in [6.07, 6.45) is 6.67. The van der Waals surface area contributed by atoms with Gasteiger partial charge >= 0.3 is 0 Å². The van der Waals surface area contributed by atoms with Gasteiger partial charge in [-0.25, -0.2) is 0 Å². The molecule has 23 heavy (non-hydrogen) atoms. The van der Waals surface area contributed by atoms with Crippen molar-refractivity contribution >= 4 is 11.7 Å². The van der Waals surface area contributed by atoms with Crippen molar-refractivity contribution < 1.29 is 4.79 Å². The number of nitrogens with zero attached hydrogens (tertiary/aromatic N) is 4. The van der Waals surface area contributed by atoms with E-state index in [1.165, 1.54) is 0 Å². The monoisotopic (exact) mass is 308 g/mol. The van der Waals surface area contributed by atoms with E-state index in [1.54, 1.807) is 18.6 Å². The van der Waals surface area contributed by atoms with Crippen LogP contribution < -0.4 is 5.32 Å². The van der Waals surface area contributed by atoms with Crippen LogP contribution in [0.5, 0.6) is 0 Å². The lowest BCUT2D eigenvalue weighted by Crippen LogP contribution is -2.30. The minimum Gasteiger partial charge on any atom is -0.310 e. The molecule has 0 saturated carbocycles. The summed E-state index contributed by atoms with van der Waals surface area (Å²) in [5.41, 5.74) is 2.67. The average molecular weight is 308 g/mol. The maximum atomic E-state index is 12.6. The van der Waals surface area contributed by atoms with Gasteiger partial charge < -0.3 is 5.32 Å². The van der Waals surface area contributed by atoms with Gasteiger partial charge in [-0.15, -0.1) is 0 Å². The van der Waals surface area contributed by atoms with Crippen molar-refractivity contribution in [2.24, 2.45) is 5.92 Å². The second kappa shape index (κ2) is 5.68. The smallest absolute Gasteiger partial charge is 0.229 e. The number of hydrogen-bond acceptors (Lipinski definition) is 4. The quantitative estimate of drug-likeness (QED) is 0.773. The van der Waals surface area contributed by atoms with Gasteiger partial charge in [0.25, 0.3) is 0 Å². The molecule has 116 valence electrons. The van der Waals surface area contributed by atoms with Gasteiger partial charge in [0.05, 0.1) is 17.5 Å². The number of anilines is 1. The number of aromatic nitrogens is 5. The topological polar surface area (TPSA) is 88.5 Å². The highest BCUT2D eigenvalue weighted by Gasteiger charge is 2.26. The van der Waals surface area contributed by atoms with Crippen molar-refractivity contribution in [2.45, 2.75) is 19.4 Å². The molecule has 4 rings (SSSR count). The predicted octanol–water partition coefficient (Wildman–Crippen LogP) is 1.87. The first-order chi connectivity index (χ1) is 11.3. The summed E-state index contributed by atoms with van der Waals surface area (Å²) in [5, 5.41) is 14.1. The summed E-state index contributed by atoms with van der Waals surface area (Å²) in [7, 11) is 0. The Morgan fingerprint density at radius 1 is 1.30 bits per heavy atom. The molecule has 3 aromatic rings. The zero-order valence-electron chi connectivity index (χ0n) is 12.4. The first-order valence-electron chi connectivity index (χ1n) is 7.57. The van der Waals surface area contributed by atoms with Crippen LogP contribution in [0.4, 0.5) is 5.82 Å². The van der Waals surface area contributed by atoms with E-state index < -0.39 is 0 Å². The molecule has 0 spiro atoms. The Kier molecular flexibility index (Phi) is 3.38. The number of nitrogens with one attached hydrogen (secondary N) is 2. The number of hydrogen-bond donors (Lipinski definition) is 2. The van der Waals surface area contributed by atoms with Crippen LogP contribution in [0.3, 0.4) is 0 Å². The van der Waals surface area contributed by atoms with Crippen LogP contribution in [0.2, 0.25) is 0 Å². The zero-order chi connectivity index (χ0) is 15.6. The van der Waals surface area contributed by atoms with Gasteiger partial charge in [-0.2, -0.15) is 10.2 Å². The van der Waals surface area contributed by atoms with Crippen molar-refractivity contribution in [1.29, 1.82) is 0 Å². The molecule has 3 aromatic heterocycles. The highest BCUT2D eigenvalue weighted by atomic mass is 16.2. The molecule has 7 heteroatoms. The van der Waals surface area contributed by atoms with Crippen molar-refractivity contribution in [1.82, 2.24) is 25.0 Å². The van der Waals surface area contributed by atoms with E-state index in [1.807, 2.05) is 28.9 Å². The number of H-pyrrole nitrogens is 1. The molecule has 0 saturated heterocycles. The van der Waals surface area contributed by atoms with Gasteiger partial charge in [-0.1, -0.05) is 6.07 Å². The maximum absolute atomic E-state index is 12.6. The van der Waals surface area contributed by atoms with Gasteiger partial charge in [0.1, 0.15) is 5.82 Å². The number of fused-ring (bicyclic) bond motifs is 1. The summed E-state index contributed by atoms with van der Waals surface area (Å²) in [4.78, 5) is 16.9. The van der Waals surface area contributed by atoms with E-state index >= 15 is 0 Å². The van der Waals surface area contributed by atoms with Crippen LogP contribution in [0.15, 0.2) is 42.9 Å². The number of amides is 1.